The number of rotatable bonds is 12. The van der Waals surface area contributed by atoms with Crippen LogP contribution in [0.4, 0.5) is 5.69 Å². The first kappa shape index (κ1) is 29.3. The maximum atomic E-state index is 14.0. The van der Waals surface area contributed by atoms with Crippen molar-refractivity contribution in [3.05, 3.63) is 96.1 Å². The van der Waals surface area contributed by atoms with Crippen LogP contribution >= 0.6 is 0 Å². The third-order valence-corrected chi connectivity index (χ3v) is 9.38. The van der Waals surface area contributed by atoms with Crippen LogP contribution in [-0.4, -0.2) is 50.3 Å². The van der Waals surface area contributed by atoms with Crippen LogP contribution in [0.3, 0.4) is 0 Å². The van der Waals surface area contributed by atoms with Crippen molar-refractivity contribution in [1.82, 2.24) is 10.2 Å². The summed E-state index contributed by atoms with van der Waals surface area (Å²) in [5.41, 5.74) is 2.32. The number of para-hydroxylation sites is 1. The number of nitrogens with one attached hydrogen (secondary N) is 1. The van der Waals surface area contributed by atoms with Crippen molar-refractivity contribution in [3.63, 3.8) is 0 Å². The summed E-state index contributed by atoms with van der Waals surface area (Å²) in [6.07, 6.45) is 5.19. The molecule has 7 nitrogen and oxygen atoms in total. The van der Waals surface area contributed by atoms with Gasteiger partial charge in [-0.25, -0.2) is 8.42 Å². The fourth-order valence-electron chi connectivity index (χ4n) is 5.25. The lowest BCUT2D eigenvalue weighted by atomic mass is 10.1. The average molecular weight is 562 g/mol. The first-order valence-electron chi connectivity index (χ1n) is 14.1. The van der Waals surface area contributed by atoms with E-state index in [4.69, 9.17) is 0 Å². The van der Waals surface area contributed by atoms with Gasteiger partial charge in [0.25, 0.3) is 10.0 Å². The van der Waals surface area contributed by atoms with Gasteiger partial charge in [-0.05, 0) is 61.9 Å². The average Bonchev–Trinajstić information content (AvgIpc) is 3.50. The van der Waals surface area contributed by atoms with Gasteiger partial charge in [-0.3, -0.25) is 13.9 Å². The molecular formula is C32H39N3O4S. The summed E-state index contributed by atoms with van der Waals surface area (Å²) in [6.45, 7) is 3.56. The molecule has 40 heavy (non-hydrogen) atoms. The molecule has 3 aromatic rings. The van der Waals surface area contributed by atoms with Crippen LogP contribution in [0.25, 0.3) is 0 Å². The molecule has 0 aliphatic heterocycles. The quantitative estimate of drug-likeness (QED) is 0.339. The lowest BCUT2D eigenvalue weighted by Crippen LogP contribution is -2.53. The van der Waals surface area contributed by atoms with Crippen molar-refractivity contribution >= 4 is 27.5 Å². The van der Waals surface area contributed by atoms with E-state index in [9.17, 15) is 18.0 Å². The summed E-state index contributed by atoms with van der Waals surface area (Å²) < 4.78 is 29.1. The van der Waals surface area contributed by atoms with E-state index in [1.165, 1.54) is 21.3 Å². The number of carbonyl (C=O) groups is 2. The number of sulfonamides is 1. The first-order valence-corrected chi connectivity index (χ1v) is 15.5. The zero-order chi connectivity index (χ0) is 28.5. The van der Waals surface area contributed by atoms with E-state index in [1.807, 2.05) is 49.4 Å². The minimum absolute atomic E-state index is 0.108. The van der Waals surface area contributed by atoms with Crippen LogP contribution in [0.15, 0.2) is 89.8 Å². The third-order valence-electron chi connectivity index (χ3n) is 7.60. The van der Waals surface area contributed by atoms with Gasteiger partial charge in [0.15, 0.2) is 0 Å². The Bertz CT molecular complexity index is 1370. The highest BCUT2D eigenvalue weighted by molar-refractivity contribution is 7.92. The van der Waals surface area contributed by atoms with E-state index in [0.29, 0.717) is 18.5 Å². The van der Waals surface area contributed by atoms with Crippen molar-refractivity contribution in [1.29, 1.82) is 0 Å². The Labute approximate surface area is 238 Å². The fraction of sp³-hybridized carbons (Fsp3) is 0.375. The second-order valence-electron chi connectivity index (χ2n) is 10.3. The molecule has 1 fully saturated rings. The molecule has 8 heteroatoms. The van der Waals surface area contributed by atoms with Crippen molar-refractivity contribution in [3.8, 4) is 0 Å². The zero-order valence-corrected chi connectivity index (χ0v) is 24.1. The zero-order valence-electron chi connectivity index (χ0n) is 23.3. The standard InChI is InChI=1S/C32H39N3O4S/c1-3-27-16-10-13-21-30(27)35(40(38,39)29-19-8-5-9-20-29)24-31(36)34(23-22-26-14-6-4-7-15-26)25(2)32(37)33-28-17-11-12-18-28/h4-10,13-16,19-21,25,28H,3,11-12,17-18,22-24H2,1-2H3,(H,33,37)/t25-/m1/s1. The topological polar surface area (TPSA) is 86.8 Å². The van der Waals surface area contributed by atoms with Crippen molar-refractivity contribution < 1.29 is 18.0 Å². The van der Waals surface area contributed by atoms with Gasteiger partial charge >= 0.3 is 0 Å². The van der Waals surface area contributed by atoms with E-state index >= 15 is 0 Å². The lowest BCUT2D eigenvalue weighted by Gasteiger charge is -2.33. The van der Waals surface area contributed by atoms with Crippen LogP contribution in [0, 0.1) is 0 Å². The molecule has 1 aliphatic rings. The predicted octanol–water partition coefficient (Wildman–Crippen LogP) is 4.96. The van der Waals surface area contributed by atoms with E-state index in [-0.39, 0.29) is 23.4 Å². The SMILES string of the molecule is CCc1ccccc1N(CC(=O)N(CCc1ccccc1)[C@H](C)C(=O)NC1CCCC1)S(=O)(=O)c1ccccc1. The van der Waals surface area contributed by atoms with E-state index in [0.717, 1.165) is 36.8 Å². The summed E-state index contributed by atoms with van der Waals surface area (Å²) in [5, 5.41) is 3.11. The molecule has 0 unspecified atom stereocenters. The molecule has 3 aromatic carbocycles. The Morgan fingerprint density at radius 1 is 0.900 bits per heavy atom. The van der Waals surface area contributed by atoms with Crippen molar-refractivity contribution in [2.75, 3.05) is 17.4 Å². The Hall–Kier alpha value is -3.65. The molecule has 1 atom stereocenters. The lowest BCUT2D eigenvalue weighted by molar-refractivity contribution is -0.139. The first-order chi connectivity index (χ1) is 19.3. The van der Waals surface area contributed by atoms with E-state index in [2.05, 4.69) is 5.32 Å². The summed E-state index contributed by atoms with van der Waals surface area (Å²) in [4.78, 5) is 29.0. The highest BCUT2D eigenvalue weighted by atomic mass is 32.2. The Morgan fingerprint density at radius 3 is 2.15 bits per heavy atom. The molecule has 0 bridgehead atoms. The summed E-state index contributed by atoms with van der Waals surface area (Å²) in [7, 11) is -4.06. The number of amides is 2. The highest BCUT2D eigenvalue weighted by Gasteiger charge is 2.33. The second-order valence-corrected chi connectivity index (χ2v) is 12.2. The van der Waals surface area contributed by atoms with Gasteiger partial charge in [0, 0.05) is 12.6 Å². The van der Waals surface area contributed by atoms with E-state index < -0.39 is 28.5 Å². The maximum Gasteiger partial charge on any atom is 0.264 e. The van der Waals surface area contributed by atoms with Crippen molar-refractivity contribution in [2.45, 2.75) is 69.4 Å². The van der Waals surface area contributed by atoms with Gasteiger partial charge in [0.1, 0.15) is 12.6 Å². The largest absolute Gasteiger partial charge is 0.352 e. The van der Waals surface area contributed by atoms with Gasteiger partial charge in [0.2, 0.25) is 11.8 Å². The molecule has 0 radical (unpaired) electrons. The van der Waals surface area contributed by atoms with Gasteiger partial charge in [-0.2, -0.15) is 0 Å². The van der Waals surface area contributed by atoms with Crippen LogP contribution in [0.5, 0.6) is 0 Å². The summed E-state index contributed by atoms with van der Waals surface area (Å²) in [5.74, 6) is -0.629. The minimum atomic E-state index is -4.06. The monoisotopic (exact) mass is 561 g/mol. The van der Waals surface area contributed by atoms with Crippen molar-refractivity contribution in [2.24, 2.45) is 0 Å². The third kappa shape index (κ3) is 7.10. The Kier molecular flexibility index (Phi) is 9.98. The van der Waals surface area contributed by atoms with Crippen LogP contribution in [-0.2, 0) is 32.5 Å². The summed E-state index contributed by atoms with van der Waals surface area (Å²) >= 11 is 0. The van der Waals surface area contributed by atoms with Crippen LogP contribution in [0.1, 0.15) is 50.7 Å². The van der Waals surface area contributed by atoms with Gasteiger partial charge in [-0.1, -0.05) is 86.5 Å². The predicted molar refractivity (Wildman–Crippen MR) is 159 cm³/mol. The second kappa shape index (κ2) is 13.6. The molecule has 0 heterocycles. The molecule has 0 saturated heterocycles. The van der Waals surface area contributed by atoms with E-state index in [1.54, 1.807) is 37.3 Å². The number of aryl methyl sites for hydroxylation is 1. The molecule has 2 amide bonds. The number of carbonyl (C=O) groups excluding carboxylic acids is 2. The molecule has 1 aliphatic carbocycles. The molecular weight excluding hydrogens is 522 g/mol. The number of hydrogen-bond donors (Lipinski definition) is 1. The minimum Gasteiger partial charge on any atom is -0.352 e. The van der Waals surface area contributed by atoms with Gasteiger partial charge in [0.05, 0.1) is 10.6 Å². The smallest absolute Gasteiger partial charge is 0.264 e. The summed E-state index contributed by atoms with van der Waals surface area (Å²) in [6, 6.07) is 24.5. The number of anilines is 1. The van der Waals surface area contributed by atoms with Crippen LogP contribution < -0.4 is 9.62 Å². The highest BCUT2D eigenvalue weighted by Crippen LogP contribution is 2.28. The van der Waals surface area contributed by atoms with Crippen LogP contribution in [0.2, 0.25) is 0 Å². The molecule has 1 saturated carbocycles. The van der Waals surface area contributed by atoms with Gasteiger partial charge in [-0.15, -0.1) is 0 Å². The molecule has 4 rings (SSSR count). The number of benzene rings is 3. The van der Waals surface area contributed by atoms with Gasteiger partial charge < -0.3 is 10.2 Å². The number of nitrogens with zero attached hydrogens (tertiary/aromatic N) is 2. The Morgan fingerprint density at radius 2 is 1.50 bits per heavy atom. The normalized spacial score (nSPS) is 14.4. The maximum absolute atomic E-state index is 14.0. The Balaban J connectivity index is 1.66. The fourth-order valence-corrected chi connectivity index (χ4v) is 6.72. The molecule has 0 spiro atoms. The molecule has 0 aromatic heterocycles. The number of hydrogen-bond acceptors (Lipinski definition) is 4. The molecule has 212 valence electrons. The molecule has 1 N–H and O–H groups in total.